The highest BCUT2D eigenvalue weighted by Gasteiger charge is 2.25. The van der Waals surface area contributed by atoms with E-state index in [2.05, 4.69) is 31.6 Å². The minimum Gasteiger partial charge on any atom is -0.256 e. The SMILES string of the molecule is C[C@H](NSC(C)(C)C)c1ccc(C2CC2)cc1F. The molecule has 0 radical (unpaired) electrons. The Morgan fingerprint density at radius 1 is 1.33 bits per heavy atom. The monoisotopic (exact) mass is 267 g/mol. The Balaban J connectivity index is 2.03. The van der Waals surface area contributed by atoms with Crippen LogP contribution in [-0.2, 0) is 0 Å². The summed E-state index contributed by atoms with van der Waals surface area (Å²) in [6.45, 7) is 8.44. The van der Waals surface area contributed by atoms with Crippen LogP contribution in [-0.4, -0.2) is 4.75 Å². The van der Waals surface area contributed by atoms with Crippen LogP contribution in [0.2, 0.25) is 0 Å². The highest BCUT2D eigenvalue weighted by molar-refractivity contribution is 7.98. The van der Waals surface area contributed by atoms with Crippen molar-refractivity contribution in [2.75, 3.05) is 0 Å². The Hall–Kier alpha value is -0.540. The van der Waals surface area contributed by atoms with Gasteiger partial charge in [0.2, 0.25) is 0 Å². The van der Waals surface area contributed by atoms with Gasteiger partial charge in [-0.05, 0) is 58.1 Å². The normalized spacial score (nSPS) is 17.8. The molecule has 0 aliphatic heterocycles. The second-order valence-electron chi connectivity index (χ2n) is 6.11. The first-order valence-electron chi connectivity index (χ1n) is 6.60. The van der Waals surface area contributed by atoms with E-state index in [1.54, 1.807) is 18.0 Å². The van der Waals surface area contributed by atoms with Gasteiger partial charge in [0.25, 0.3) is 0 Å². The maximum absolute atomic E-state index is 14.1. The summed E-state index contributed by atoms with van der Waals surface area (Å²) in [6.07, 6.45) is 2.43. The average Bonchev–Trinajstić information content (AvgIpc) is 3.08. The summed E-state index contributed by atoms with van der Waals surface area (Å²) in [4.78, 5) is 0. The van der Waals surface area contributed by atoms with Crippen LogP contribution in [0.5, 0.6) is 0 Å². The van der Waals surface area contributed by atoms with Gasteiger partial charge in [0.1, 0.15) is 5.82 Å². The molecule has 1 N–H and O–H groups in total. The zero-order valence-electron chi connectivity index (χ0n) is 11.6. The van der Waals surface area contributed by atoms with E-state index in [1.165, 1.54) is 12.8 Å². The van der Waals surface area contributed by atoms with Crippen molar-refractivity contribution >= 4 is 11.9 Å². The fourth-order valence-corrected chi connectivity index (χ4v) is 2.55. The third-order valence-electron chi connectivity index (χ3n) is 3.08. The summed E-state index contributed by atoms with van der Waals surface area (Å²) in [6, 6.07) is 5.76. The summed E-state index contributed by atoms with van der Waals surface area (Å²) in [5.41, 5.74) is 1.92. The number of halogens is 1. The summed E-state index contributed by atoms with van der Waals surface area (Å²) in [7, 11) is 0. The van der Waals surface area contributed by atoms with Crippen LogP contribution in [0.1, 0.15) is 63.6 Å². The fourth-order valence-electron chi connectivity index (χ4n) is 1.89. The van der Waals surface area contributed by atoms with Crippen molar-refractivity contribution < 1.29 is 4.39 Å². The molecular weight excluding hydrogens is 245 g/mol. The lowest BCUT2D eigenvalue weighted by Crippen LogP contribution is -2.20. The Morgan fingerprint density at radius 2 is 2.00 bits per heavy atom. The Kier molecular flexibility index (Phi) is 4.02. The molecule has 0 unspecified atom stereocenters. The molecule has 18 heavy (non-hydrogen) atoms. The van der Waals surface area contributed by atoms with E-state index in [-0.39, 0.29) is 16.6 Å². The zero-order chi connectivity index (χ0) is 13.3. The minimum atomic E-state index is -0.0751. The molecule has 1 nitrogen and oxygen atoms in total. The maximum atomic E-state index is 14.1. The largest absolute Gasteiger partial charge is 0.256 e. The van der Waals surface area contributed by atoms with Crippen molar-refractivity contribution in [2.45, 2.75) is 57.2 Å². The third-order valence-corrected chi connectivity index (χ3v) is 4.17. The van der Waals surface area contributed by atoms with Crippen LogP contribution in [0.3, 0.4) is 0 Å². The van der Waals surface area contributed by atoms with Gasteiger partial charge in [-0.2, -0.15) is 0 Å². The van der Waals surface area contributed by atoms with Gasteiger partial charge >= 0.3 is 0 Å². The quantitative estimate of drug-likeness (QED) is 0.786. The van der Waals surface area contributed by atoms with Crippen molar-refractivity contribution in [1.29, 1.82) is 0 Å². The highest BCUT2D eigenvalue weighted by atomic mass is 32.2. The standard InChI is InChI=1S/C15H22FNS/c1-10(17-18-15(2,3)4)13-8-7-12(9-14(13)16)11-5-6-11/h7-11,17H,5-6H2,1-4H3/t10-/m0/s1. The molecule has 0 aromatic heterocycles. The van der Waals surface area contributed by atoms with Crippen LogP contribution >= 0.6 is 11.9 Å². The smallest absolute Gasteiger partial charge is 0.128 e. The first kappa shape index (κ1) is 13.9. The van der Waals surface area contributed by atoms with Gasteiger partial charge in [-0.15, -0.1) is 0 Å². The molecule has 1 fully saturated rings. The van der Waals surface area contributed by atoms with Crippen LogP contribution in [0.4, 0.5) is 4.39 Å². The fraction of sp³-hybridized carbons (Fsp3) is 0.600. The third kappa shape index (κ3) is 3.72. The van der Waals surface area contributed by atoms with E-state index in [9.17, 15) is 4.39 Å². The van der Waals surface area contributed by atoms with Crippen LogP contribution in [0.15, 0.2) is 18.2 Å². The lowest BCUT2D eigenvalue weighted by Gasteiger charge is -2.22. The van der Waals surface area contributed by atoms with Gasteiger partial charge in [-0.1, -0.05) is 24.1 Å². The summed E-state index contributed by atoms with van der Waals surface area (Å²) < 4.78 is 17.5. The first-order valence-corrected chi connectivity index (χ1v) is 7.41. The number of hydrogen-bond acceptors (Lipinski definition) is 2. The second kappa shape index (κ2) is 5.22. The van der Waals surface area contributed by atoms with Gasteiger partial charge in [-0.3, -0.25) is 4.72 Å². The van der Waals surface area contributed by atoms with Crippen molar-refractivity contribution in [1.82, 2.24) is 4.72 Å². The van der Waals surface area contributed by atoms with Gasteiger partial charge in [0, 0.05) is 16.4 Å². The maximum Gasteiger partial charge on any atom is 0.128 e. The van der Waals surface area contributed by atoms with E-state index in [0.29, 0.717) is 5.92 Å². The molecular formula is C15H22FNS. The molecule has 2 rings (SSSR count). The molecule has 100 valence electrons. The van der Waals surface area contributed by atoms with E-state index in [4.69, 9.17) is 0 Å². The van der Waals surface area contributed by atoms with Crippen molar-refractivity contribution in [3.05, 3.63) is 35.1 Å². The van der Waals surface area contributed by atoms with Gasteiger partial charge in [-0.25, -0.2) is 4.39 Å². The molecule has 0 amide bonds. The summed E-state index contributed by atoms with van der Waals surface area (Å²) >= 11 is 1.65. The van der Waals surface area contributed by atoms with Gasteiger partial charge in [0.05, 0.1) is 0 Å². The van der Waals surface area contributed by atoms with E-state index in [0.717, 1.165) is 11.1 Å². The highest BCUT2D eigenvalue weighted by Crippen LogP contribution is 2.40. The van der Waals surface area contributed by atoms with E-state index >= 15 is 0 Å². The predicted molar refractivity (Wildman–Crippen MR) is 77.3 cm³/mol. The Morgan fingerprint density at radius 3 is 2.50 bits per heavy atom. The zero-order valence-corrected chi connectivity index (χ0v) is 12.4. The second-order valence-corrected chi connectivity index (χ2v) is 7.77. The molecule has 1 atom stereocenters. The molecule has 0 bridgehead atoms. The molecule has 0 saturated heterocycles. The summed E-state index contributed by atoms with van der Waals surface area (Å²) in [5.74, 6) is 0.537. The lowest BCUT2D eigenvalue weighted by molar-refractivity contribution is 0.582. The lowest BCUT2D eigenvalue weighted by atomic mass is 10.0. The number of hydrogen-bond donors (Lipinski definition) is 1. The molecule has 1 aromatic carbocycles. The molecule has 1 aromatic rings. The van der Waals surface area contributed by atoms with E-state index < -0.39 is 0 Å². The summed E-state index contributed by atoms with van der Waals surface area (Å²) in [5, 5.41) is 0. The van der Waals surface area contributed by atoms with Gasteiger partial charge < -0.3 is 0 Å². The number of rotatable bonds is 4. The van der Waals surface area contributed by atoms with E-state index in [1.807, 2.05) is 13.0 Å². The Labute approximate surface area is 114 Å². The van der Waals surface area contributed by atoms with Crippen LogP contribution in [0, 0.1) is 5.82 Å². The average molecular weight is 267 g/mol. The number of nitrogens with one attached hydrogen (secondary N) is 1. The predicted octanol–water partition coefficient (Wildman–Crippen LogP) is 4.80. The molecule has 1 saturated carbocycles. The minimum absolute atomic E-state index is 0.0301. The topological polar surface area (TPSA) is 12.0 Å². The van der Waals surface area contributed by atoms with Crippen LogP contribution in [0.25, 0.3) is 0 Å². The van der Waals surface area contributed by atoms with Crippen molar-refractivity contribution in [2.24, 2.45) is 0 Å². The molecule has 0 heterocycles. The molecule has 3 heteroatoms. The van der Waals surface area contributed by atoms with Crippen molar-refractivity contribution in [3.63, 3.8) is 0 Å². The van der Waals surface area contributed by atoms with Crippen molar-refractivity contribution in [3.8, 4) is 0 Å². The van der Waals surface area contributed by atoms with Crippen LogP contribution < -0.4 is 4.72 Å². The number of benzene rings is 1. The molecule has 0 spiro atoms. The molecule has 1 aliphatic rings. The first-order chi connectivity index (χ1) is 8.37. The molecule has 1 aliphatic carbocycles. The Bertz CT molecular complexity index is 421. The van der Waals surface area contributed by atoms with Gasteiger partial charge in [0.15, 0.2) is 0 Å².